The first-order valence-corrected chi connectivity index (χ1v) is 6.27. The number of hydrogen-bond acceptors (Lipinski definition) is 2. The molecule has 0 bridgehead atoms. The molecule has 0 atom stereocenters. The van der Waals surface area contributed by atoms with Crippen molar-refractivity contribution in [2.45, 2.75) is 13.8 Å². The minimum absolute atomic E-state index is 0.306. The fourth-order valence-electron chi connectivity index (χ4n) is 1.79. The molecule has 0 unspecified atom stereocenters. The molecule has 0 aliphatic carbocycles. The highest BCUT2D eigenvalue weighted by Crippen LogP contribution is 2.19. The lowest BCUT2D eigenvalue weighted by Crippen LogP contribution is -2.04. The van der Waals surface area contributed by atoms with Gasteiger partial charge in [0.15, 0.2) is 0 Å². The second-order valence-corrected chi connectivity index (χ2v) is 4.57. The predicted molar refractivity (Wildman–Crippen MR) is 77.0 cm³/mol. The van der Waals surface area contributed by atoms with Crippen molar-refractivity contribution in [1.82, 2.24) is 0 Å². The molecule has 2 nitrogen and oxygen atoms in total. The average molecular weight is 270 g/mol. The number of esters is 1. The van der Waals surface area contributed by atoms with Gasteiger partial charge in [0.2, 0.25) is 0 Å². The van der Waals surface area contributed by atoms with E-state index in [0.717, 1.165) is 16.7 Å². The number of rotatable bonds is 3. The van der Waals surface area contributed by atoms with E-state index in [1.165, 1.54) is 18.2 Å². The summed E-state index contributed by atoms with van der Waals surface area (Å²) < 4.78 is 18.0. The van der Waals surface area contributed by atoms with Crippen LogP contribution in [0, 0.1) is 19.7 Å². The monoisotopic (exact) mass is 270 g/mol. The Hall–Kier alpha value is -2.42. The lowest BCUT2D eigenvalue weighted by atomic mass is 10.1. The molecule has 2 rings (SSSR count). The van der Waals surface area contributed by atoms with Crippen molar-refractivity contribution in [3.8, 4) is 5.75 Å². The summed E-state index contributed by atoms with van der Waals surface area (Å²) in [6.07, 6.45) is 2.91. The molecule has 0 N–H and O–H groups in total. The molecular formula is C17H15FO2. The van der Waals surface area contributed by atoms with E-state index in [-0.39, 0.29) is 5.82 Å². The summed E-state index contributed by atoms with van der Waals surface area (Å²) in [5, 5.41) is 0. The van der Waals surface area contributed by atoms with Crippen molar-refractivity contribution < 1.29 is 13.9 Å². The molecule has 3 heteroatoms. The summed E-state index contributed by atoms with van der Waals surface area (Å²) in [6.45, 7) is 3.87. The third-order valence-electron chi connectivity index (χ3n) is 2.82. The van der Waals surface area contributed by atoms with Crippen LogP contribution in [0.1, 0.15) is 16.7 Å². The molecule has 0 radical (unpaired) electrons. The lowest BCUT2D eigenvalue weighted by molar-refractivity contribution is -0.128. The SMILES string of the molecule is Cc1ccc(OC(=O)C=Cc2ccc(F)cc2)c(C)c1. The van der Waals surface area contributed by atoms with Crippen LogP contribution in [0.5, 0.6) is 5.75 Å². The van der Waals surface area contributed by atoms with Gasteiger partial charge in [0.05, 0.1) is 0 Å². The Balaban J connectivity index is 2.03. The van der Waals surface area contributed by atoms with Crippen LogP contribution in [0.15, 0.2) is 48.5 Å². The van der Waals surface area contributed by atoms with Gasteiger partial charge in [0.1, 0.15) is 11.6 Å². The van der Waals surface area contributed by atoms with Crippen LogP contribution in [-0.4, -0.2) is 5.97 Å². The van der Waals surface area contributed by atoms with E-state index < -0.39 is 5.97 Å². The third-order valence-corrected chi connectivity index (χ3v) is 2.82. The lowest BCUT2D eigenvalue weighted by Gasteiger charge is -2.05. The van der Waals surface area contributed by atoms with Crippen LogP contribution in [-0.2, 0) is 4.79 Å². The second kappa shape index (κ2) is 6.15. The summed E-state index contributed by atoms with van der Waals surface area (Å²) in [4.78, 5) is 11.7. The van der Waals surface area contributed by atoms with Gasteiger partial charge in [-0.3, -0.25) is 0 Å². The molecule has 0 aliphatic heterocycles. The molecular weight excluding hydrogens is 255 g/mol. The van der Waals surface area contributed by atoms with Crippen LogP contribution >= 0.6 is 0 Å². The topological polar surface area (TPSA) is 26.3 Å². The van der Waals surface area contributed by atoms with Crippen LogP contribution in [0.4, 0.5) is 4.39 Å². The first-order valence-electron chi connectivity index (χ1n) is 6.27. The van der Waals surface area contributed by atoms with E-state index in [9.17, 15) is 9.18 Å². The minimum Gasteiger partial charge on any atom is -0.423 e. The van der Waals surface area contributed by atoms with Gasteiger partial charge in [0.25, 0.3) is 0 Å². The maximum Gasteiger partial charge on any atom is 0.336 e. The Morgan fingerprint density at radius 3 is 2.45 bits per heavy atom. The van der Waals surface area contributed by atoms with Crippen molar-refractivity contribution in [3.63, 3.8) is 0 Å². The van der Waals surface area contributed by atoms with Crippen molar-refractivity contribution in [2.75, 3.05) is 0 Å². The van der Waals surface area contributed by atoms with E-state index in [2.05, 4.69) is 0 Å². The number of ether oxygens (including phenoxy) is 1. The highest BCUT2D eigenvalue weighted by atomic mass is 19.1. The maximum absolute atomic E-state index is 12.7. The van der Waals surface area contributed by atoms with Crippen molar-refractivity contribution in [3.05, 3.63) is 71.0 Å². The van der Waals surface area contributed by atoms with Crippen molar-refractivity contribution in [2.24, 2.45) is 0 Å². The molecule has 0 fully saturated rings. The molecule has 2 aromatic rings. The predicted octanol–water partition coefficient (Wildman–Crippen LogP) is 4.06. The van der Waals surface area contributed by atoms with Gasteiger partial charge in [-0.1, -0.05) is 29.8 Å². The summed E-state index contributed by atoms with van der Waals surface area (Å²) in [7, 11) is 0. The van der Waals surface area contributed by atoms with Gasteiger partial charge in [-0.05, 0) is 49.2 Å². The molecule has 102 valence electrons. The molecule has 0 saturated carbocycles. The van der Waals surface area contributed by atoms with Crippen molar-refractivity contribution >= 4 is 12.0 Å². The highest BCUT2D eigenvalue weighted by Gasteiger charge is 2.04. The number of benzene rings is 2. The minimum atomic E-state index is -0.457. The molecule has 2 aromatic carbocycles. The van der Waals surface area contributed by atoms with Gasteiger partial charge < -0.3 is 4.74 Å². The van der Waals surface area contributed by atoms with E-state index in [1.807, 2.05) is 26.0 Å². The first kappa shape index (κ1) is 14.0. The zero-order valence-electron chi connectivity index (χ0n) is 11.4. The normalized spacial score (nSPS) is 10.8. The van der Waals surface area contributed by atoms with Crippen LogP contribution in [0.3, 0.4) is 0 Å². The molecule has 20 heavy (non-hydrogen) atoms. The van der Waals surface area contributed by atoms with Gasteiger partial charge >= 0.3 is 5.97 Å². The zero-order chi connectivity index (χ0) is 14.5. The van der Waals surface area contributed by atoms with E-state index in [0.29, 0.717) is 5.75 Å². The van der Waals surface area contributed by atoms with Gasteiger partial charge in [-0.15, -0.1) is 0 Å². The highest BCUT2D eigenvalue weighted by molar-refractivity contribution is 5.88. The fourth-order valence-corrected chi connectivity index (χ4v) is 1.79. The zero-order valence-corrected chi connectivity index (χ0v) is 11.4. The number of carbonyl (C=O) groups excluding carboxylic acids is 1. The maximum atomic E-state index is 12.7. The van der Waals surface area contributed by atoms with E-state index in [4.69, 9.17) is 4.74 Å². The Bertz CT molecular complexity index is 643. The Labute approximate surface area is 117 Å². The van der Waals surface area contributed by atoms with Crippen LogP contribution in [0.2, 0.25) is 0 Å². The van der Waals surface area contributed by atoms with E-state index >= 15 is 0 Å². The number of aryl methyl sites for hydroxylation is 2. The molecule has 0 amide bonds. The summed E-state index contributed by atoms with van der Waals surface area (Å²) in [5.74, 6) is -0.217. The number of halogens is 1. The summed E-state index contributed by atoms with van der Waals surface area (Å²) in [5.41, 5.74) is 2.77. The number of hydrogen-bond donors (Lipinski definition) is 0. The second-order valence-electron chi connectivity index (χ2n) is 4.57. The Morgan fingerprint density at radius 2 is 1.80 bits per heavy atom. The molecule has 0 aromatic heterocycles. The quantitative estimate of drug-likeness (QED) is 0.477. The standard InChI is InChI=1S/C17H15FO2/c1-12-3-9-16(13(2)11-12)20-17(19)10-6-14-4-7-15(18)8-5-14/h3-11H,1-2H3. The average Bonchev–Trinajstić information content (AvgIpc) is 2.41. The van der Waals surface area contributed by atoms with Gasteiger partial charge in [-0.25, -0.2) is 9.18 Å². The Kier molecular flexibility index (Phi) is 4.31. The molecule has 0 spiro atoms. The largest absolute Gasteiger partial charge is 0.423 e. The van der Waals surface area contributed by atoms with E-state index in [1.54, 1.807) is 24.3 Å². The van der Waals surface area contributed by atoms with Crippen molar-refractivity contribution in [1.29, 1.82) is 0 Å². The molecule has 0 saturated heterocycles. The third kappa shape index (κ3) is 3.79. The van der Waals surface area contributed by atoms with Crippen LogP contribution < -0.4 is 4.74 Å². The summed E-state index contributed by atoms with van der Waals surface area (Å²) >= 11 is 0. The summed E-state index contributed by atoms with van der Waals surface area (Å²) in [6, 6.07) is 11.5. The molecule has 0 heterocycles. The first-order chi connectivity index (χ1) is 9.54. The molecule has 0 aliphatic rings. The number of carbonyl (C=O) groups is 1. The van der Waals surface area contributed by atoms with Crippen LogP contribution in [0.25, 0.3) is 6.08 Å². The van der Waals surface area contributed by atoms with Gasteiger partial charge in [-0.2, -0.15) is 0 Å². The smallest absolute Gasteiger partial charge is 0.336 e. The van der Waals surface area contributed by atoms with Gasteiger partial charge in [0, 0.05) is 6.08 Å². The Morgan fingerprint density at radius 1 is 1.10 bits per heavy atom. The fraction of sp³-hybridized carbons (Fsp3) is 0.118.